The number of hydrogen-bond acceptors (Lipinski definition) is 4. The summed E-state index contributed by atoms with van der Waals surface area (Å²) in [5, 5.41) is 7.45. The van der Waals surface area contributed by atoms with Gasteiger partial charge in [-0.25, -0.2) is 0 Å². The summed E-state index contributed by atoms with van der Waals surface area (Å²) in [6.07, 6.45) is 8.69. The van der Waals surface area contributed by atoms with E-state index in [0.29, 0.717) is 12.2 Å². The molecule has 1 aliphatic heterocycles. The molecular weight excluding hydrogens is 314 g/mol. The van der Waals surface area contributed by atoms with Crippen molar-refractivity contribution < 1.29 is 4.79 Å². The van der Waals surface area contributed by atoms with E-state index in [1.165, 1.54) is 0 Å². The van der Waals surface area contributed by atoms with Crippen LogP contribution in [-0.2, 0) is 19.4 Å². The third-order valence-corrected chi connectivity index (χ3v) is 5.50. The van der Waals surface area contributed by atoms with E-state index >= 15 is 0 Å². The molecule has 3 heterocycles. The monoisotopic (exact) mass is 339 g/mol. The molecule has 132 valence electrons. The van der Waals surface area contributed by atoms with Crippen LogP contribution in [0.4, 0.5) is 0 Å². The first-order valence-corrected chi connectivity index (χ1v) is 9.17. The van der Waals surface area contributed by atoms with Gasteiger partial charge in [-0.1, -0.05) is 0 Å². The molecule has 6 heteroatoms. The van der Waals surface area contributed by atoms with Gasteiger partial charge in [-0.2, -0.15) is 5.10 Å². The van der Waals surface area contributed by atoms with E-state index in [2.05, 4.69) is 27.1 Å². The summed E-state index contributed by atoms with van der Waals surface area (Å²) in [5.74, 6) is 0.0748. The van der Waals surface area contributed by atoms with Crippen molar-refractivity contribution in [3.8, 4) is 0 Å². The number of piperidine rings is 1. The highest BCUT2D eigenvalue weighted by molar-refractivity contribution is 5.94. The van der Waals surface area contributed by atoms with Gasteiger partial charge in [-0.15, -0.1) is 0 Å². The van der Waals surface area contributed by atoms with E-state index in [1.807, 2.05) is 17.0 Å². The van der Waals surface area contributed by atoms with Crippen molar-refractivity contribution in [3.63, 3.8) is 0 Å². The molecule has 1 amide bonds. The summed E-state index contributed by atoms with van der Waals surface area (Å²) < 4.78 is 0. The van der Waals surface area contributed by atoms with Crippen molar-refractivity contribution in [1.29, 1.82) is 0 Å². The van der Waals surface area contributed by atoms with Gasteiger partial charge in [0.05, 0.1) is 0 Å². The van der Waals surface area contributed by atoms with Crippen molar-refractivity contribution in [3.05, 3.63) is 47.0 Å². The molecule has 0 unspecified atom stereocenters. The second kappa shape index (κ2) is 6.96. The number of carbonyl (C=O) groups excluding carboxylic acids is 1. The zero-order valence-electron chi connectivity index (χ0n) is 14.7. The summed E-state index contributed by atoms with van der Waals surface area (Å²) in [7, 11) is 2.14. The molecule has 0 spiro atoms. The van der Waals surface area contributed by atoms with E-state index in [1.54, 1.807) is 12.4 Å². The summed E-state index contributed by atoms with van der Waals surface area (Å²) in [6, 6.07) is 4.25. The average Bonchev–Trinajstić information content (AvgIpc) is 3.24. The predicted octanol–water partition coefficient (Wildman–Crippen LogP) is 2.03. The number of rotatable bonds is 4. The van der Waals surface area contributed by atoms with Crippen LogP contribution < -0.4 is 0 Å². The van der Waals surface area contributed by atoms with Crippen LogP contribution in [0.25, 0.3) is 0 Å². The van der Waals surface area contributed by atoms with Crippen LogP contribution in [0.2, 0.25) is 0 Å². The Morgan fingerprint density at radius 3 is 2.80 bits per heavy atom. The van der Waals surface area contributed by atoms with Crippen molar-refractivity contribution in [2.24, 2.45) is 0 Å². The molecule has 1 N–H and O–H groups in total. The molecule has 1 aliphatic carbocycles. The highest BCUT2D eigenvalue weighted by Crippen LogP contribution is 2.26. The summed E-state index contributed by atoms with van der Waals surface area (Å²) in [5.41, 5.74) is 4.04. The fraction of sp³-hybridized carbons (Fsp3) is 0.526. The summed E-state index contributed by atoms with van der Waals surface area (Å²) in [6.45, 7) is 2.68. The molecule has 0 atom stereocenters. The Bertz CT molecular complexity index is 734. The Hall–Kier alpha value is -2.21. The van der Waals surface area contributed by atoms with Gasteiger partial charge in [0.1, 0.15) is 0 Å². The molecule has 0 bridgehead atoms. The second-order valence-corrected chi connectivity index (χ2v) is 7.21. The summed E-state index contributed by atoms with van der Waals surface area (Å²) >= 11 is 0. The number of H-pyrrole nitrogens is 1. The minimum Gasteiger partial charge on any atom is -0.330 e. The SMILES string of the molecule is CN1CCC(N(Cc2ccncc2)C(=O)c2n[nH]c3c2CCC3)CC1. The zero-order chi connectivity index (χ0) is 17.2. The predicted molar refractivity (Wildman–Crippen MR) is 95.2 cm³/mol. The maximum absolute atomic E-state index is 13.4. The van der Waals surface area contributed by atoms with Crippen LogP contribution in [0.15, 0.2) is 24.5 Å². The Balaban J connectivity index is 1.60. The van der Waals surface area contributed by atoms with Crippen LogP contribution in [-0.4, -0.2) is 57.1 Å². The number of fused-ring (bicyclic) bond motifs is 1. The lowest BCUT2D eigenvalue weighted by atomic mass is 10.0. The lowest BCUT2D eigenvalue weighted by molar-refractivity contribution is 0.0562. The van der Waals surface area contributed by atoms with Gasteiger partial charge in [-0.3, -0.25) is 14.9 Å². The number of aryl methyl sites for hydroxylation is 1. The van der Waals surface area contributed by atoms with Gasteiger partial charge in [0.15, 0.2) is 5.69 Å². The van der Waals surface area contributed by atoms with E-state index in [-0.39, 0.29) is 11.9 Å². The molecule has 2 aromatic heterocycles. The Morgan fingerprint density at radius 2 is 2.04 bits per heavy atom. The average molecular weight is 339 g/mol. The number of nitrogens with zero attached hydrogens (tertiary/aromatic N) is 4. The van der Waals surface area contributed by atoms with E-state index in [4.69, 9.17) is 0 Å². The number of amides is 1. The van der Waals surface area contributed by atoms with E-state index < -0.39 is 0 Å². The standard InChI is InChI=1S/C19H25N5O/c1-23-11-7-15(8-12-23)24(13-14-5-9-20-10-6-14)19(25)18-16-3-2-4-17(16)21-22-18/h5-6,9-10,15H,2-4,7-8,11-13H2,1H3,(H,21,22). The molecule has 2 aromatic rings. The van der Waals surface area contributed by atoms with Crippen molar-refractivity contribution in [2.45, 2.75) is 44.7 Å². The Labute approximate surface area is 148 Å². The van der Waals surface area contributed by atoms with Crippen LogP contribution in [0.3, 0.4) is 0 Å². The number of nitrogens with one attached hydrogen (secondary N) is 1. The molecule has 2 aliphatic rings. The normalized spacial score (nSPS) is 18.3. The van der Waals surface area contributed by atoms with E-state index in [0.717, 1.165) is 62.0 Å². The lowest BCUT2D eigenvalue weighted by Crippen LogP contribution is -2.46. The lowest BCUT2D eigenvalue weighted by Gasteiger charge is -2.37. The van der Waals surface area contributed by atoms with Gasteiger partial charge >= 0.3 is 0 Å². The van der Waals surface area contributed by atoms with Crippen LogP contribution in [0.1, 0.15) is 46.6 Å². The molecule has 0 radical (unpaired) electrons. The second-order valence-electron chi connectivity index (χ2n) is 7.21. The quantitative estimate of drug-likeness (QED) is 0.926. The van der Waals surface area contributed by atoms with Gasteiger partial charge in [0.25, 0.3) is 5.91 Å². The number of aromatic amines is 1. The molecule has 4 rings (SSSR count). The number of carbonyl (C=O) groups is 1. The van der Waals surface area contributed by atoms with Crippen molar-refractivity contribution >= 4 is 5.91 Å². The third-order valence-electron chi connectivity index (χ3n) is 5.50. The molecule has 25 heavy (non-hydrogen) atoms. The molecular formula is C19H25N5O. The Kier molecular flexibility index (Phi) is 4.53. The zero-order valence-corrected chi connectivity index (χ0v) is 14.7. The van der Waals surface area contributed by atoms with Crippen LogP contribution in [0, 0.1) is 0 Å². The van der Waals surface area contributed by atoms with Gasteiger partial charge in [-0.05, 0) is 69.9 Å². The maximum atomic E-state index is 13.4. The van der Waals surface area contributed by atoms with Crippen molar-refractivity contribution in [1.82, 2.24) is 25.0 Å². The third kappa shape index (κ3) is 3.31. The van der Waals surface area contributed by atoms with Gasteiger partial charge < -0.3 is 9.80 Å². The number of likely N-dealkylation sites (tertiary alicyclic amines) is 1. The first kappa shape index (κ1) is 16.3. The molecule has 1 saturated heterocycles. The topological polar surface area (TPSA) is 65.1 Å². The Morgan fingerprint density at radius 1 is 1.28 bits per heavy atom. The number of hydrogen-bond donors (Lipinski definition) is 1. The first-order valence-electron chi connectivity index (χ1n) is 9.17. The first-order chi connectivity index (χ1) is 12.2. The molecule has 1 fully saturated rings. The fourth-order valence-corrected chi connectivity index (χ4v) is 3.99. The van der Waals surface area contributed by atoms with E-state index in [9.17, 15) is 4.79 Å². The molecule has 0 saturated carbocycles. The maximum Gasteiger partial charge on any atom is 0.275 e. The number of pyridine rings is 1. The summed E-state index contributed by atoms with van der Waals surface area (Å²) in [4.78, 5) is 21.8. The number of aromatic nitrogens is 3. The molecule has 6 nitrogen and oxygen atoms in total. The van der Waals surface area contributed by atoms with Crippen molar-refractivity contribution in [2.75, 3.05) is 20.1 Å². The van der Waals surface area contributed by atoms with Crippen LogP contribution >= 0.6 is 0 Å². The van der Waals surface area contributed by atoms with Gasteiger partial charge in [0, 0.05) is 36.2 Å². The van der Waals surface area contributed by atoms with Crippen LogP contribution in [0.5, 0.6) is 0 Å². The smallest absolute Gasteiger partial charge is 0.275 e. The molecule has 0 aromatic carbocycles. The minimum atomic E-state index is 0.0748. The highest BCUT2D eigenvalue weighted by Gasteiger charge is 2.32. The highest BCUT2D eigenvalue weighted by atomic mass is 16.2. The van der Waals surface area contributed by atoms with Gasteiger partial charge in [0.2, 0.25) is 0 Å². The largest absolute Gasteiger partial charge is 0.330 e. The fourth-order valence-electron chi connectivity index (χ4n) is 3.99. The minimum absolute atomic E-state index is 0.0748.